The molecule has 0 unspecified atom stereocenters. The minimum absolute atomic E-state index is 0.139. The lowest BCUT2D eigenvalue weighted by Crippen LogP contribution is -2.24. The monoisotopic (exact) mass is 413 g/mol. The first kappa shape index (κ1) is 20.0. The zero-order valence-corrected chi connectivity index (χ0v) is 16.9. The lowest BCUT2D eigenvalue weighted by molar-refractivity contribution is -0.120. The summed E-state index contributed by atoms with van der Waals surface area (Å²) in [7, 11) is 0. The van der Waals surface area contributed by atoms with Crippen LogP contribution in [0.15, 0.2) is 54.6 Å². The van der Waals surface area contributed by atoms with Gasteiger partial charge in [0.25, 0.3) is 5.91 Å². The molecule has 0 atom stereocenters. The fourth-order valence-electron chi connectivity index (χ4n) is 2.60. The van der Waals surface area contributed by atoms with E-state index in [1.807, 2.05) is 42.5 Å². The molecule has 0 radical (unpaired) electrons. The third kappa shape index (κ3) is 5.65. The largest absolute Gasteiger partial charge is 0.352 e. The zero-order valence-electron chi connectivity index (χ0n) is 15.4. The summed E-state index contributed by atoms with van der Waals surface area (Å²) < 4.78 is 0. The maximum atomic E-state index is 12.4. The van der Waals surface area contributed by atoms with Crippen LogP contribution >= 0.6 is 22.9 Å². The van der Waals surface area contributed by atoms with Crippen molar-refractivity contribution in [2.75, 3.05) is 0 Å². The van der Waals surface area contributed by atoms with Crippen LogP contribution in [0.4, 0.5) is 0 Å². The number of aryl methyl sites for hydroxylation is 1. The van der Waals surface area contributed by atoms with Crippen molar-refractivity contribution < 1.29 is 9.59 Å². The SMILES string of the molecule is Cc1nc(CC(=O)NCc2ccc(Cl)cc2)sc1C(=O)NCc1ccccc1. The van der Waals surface area contributed by atoms with E-state index in [0.29, 0.717) is 33.7 Å². The average molecular weight is 414 g/mol. The second kappa shape index (κ2) is 9.48. The van der Waals surface area contributed by atoms with Crippen molar-refractivity contribution in [3.8, 4) is 0 Å². The van der Waals surface area contributed by atoms with Gasteiger partial charge in [0.2, 0.25) is 5.91 Å². The van der Waals surface area contributed by atoms with Crippen molar-refractivity contribution in [2.24, 2.45) is 0 Å². The molecule has 0 aliphatic rings. The van der Waals surface area contributed by atoms with Gasteiger partial charge in [0.1, 0.15) is 9.88 Å². The van der Waals surface area contributed by atoms with Gasteiger partial charge in [-0.05, 0) is 30.2 Å². The van der Waals surface area contributed by atoms with Crippen molar-refractivity contribution in [1.82, 2.24) is 15.6 Å². The van der Waals surface area contributed by atoms with E-state index in [4.69, 9.17) is 11.6 Å². The third-order valence-corrected chi connectivity index (χ3v) is 5.47. The number of aromatic nitrogens is 1. The number of rotatable bonds is 7. The Kier molecular flexibility index (Phi) is 6.79. The number of benzene rings is 2. The molecule has 1 heterocycles. The highest BCUT2D eigenvalue weighted by atomic mass is 35.5. The Balaban J connectivity index is 1.53. The summed E-state index contributed by atoms with van der Waals surface area (Å²) in [5.74, 6) is -0.313. The van der Waals surface area contributed by atoms with E-state index in [-0.39, 0.29) is 18.2 Å². The molecule has 3 rings (SSSR count). The summed E-state index contributed by atoms with van der Waals surface area (Å²) in [4.78, 5) is 29.5. The number of nitrogens with zero attached hydrogens (tertiary/aromatic N) is 1. The summed E-state index contributed by atoms with van der Waals surface area (Å²) in [6.07, 6.45) is 0.144. The number of halogens is 1. The Morgan fingerprint density at radius 2 is 1.61 bits per heavy atom. The van der Waals surface area contributed by atoms with Gasteiger partial charge in [-0.1, -0.05) is 54.1 Å². The molecule has 0 bridgehead atoms. The molecule has 0 aliphatic carbocycles. The summed E-state index contributed by atoms with van der Waals surface area (Å²) >= 11 is 7.11. The average Bonchev–Trinajstić information content (AvgIpc) is 3.06. The van der Waals surface area contributed by atoms with Gasteiger partial charge in [-0.25, -0.2) is 4.98 Å². The lowest BCUT2D eigenvalue weighted by Gasteiger charge is -2.04. The van der Waals surface area contributed by atoms with Crippen LogP contribution in [-0.2, 0) is 24.3 Å². The van der Waals surface area contributed by atoms with Crippen LogP contribution in [0.3, 0.4) is 0 Å². The highest BCUT2D eigenvalue weighted by molar-refractivity contribution is 7.13. The first-order valence-electron chi connectivity index (χ1n) is 8.81. The summed E-state index contributed by atoms with van der Waals surface area (Å²) in [5.41, 5.74) is 2.63. The molecule has 3 aromatic rings. The van der Waals surface area contributed by atoms with Crippen LogP contribution < -0.4 is 10.6 Å². The third-order valence-electron chi connectivity index (χ3n) is 4.06. The van der Waals surface area contributed by atoms with Crippen LogP contribution in [0.5, 0.6) is 0 Å². The van der Waals surface area contributed by atoms with Crippen LogP contribution in [0.25, 0.3) is 0 Å². The molecular weight excluding hydrogens is 394 g/mol. The smallest absolute Gasteiger partial charge is 0.263 e. The molecule has 144 valence electrons. The number of hydrogen-bond donors (Lipinski definition) is 2. The second-order valence-electron chi connectivity index (χ2n) is 6.27. The molecule has 2 N–H and O–H groups in total. The summed E-state index contributed by atoms with van der Waals surface area (Å²) in [6, 6.07) is 17.0. The maximum Gasteiger partial charge on any atom is 0.263 e. The van der Waals surface area contributed by atoms with E-state index in [1.54, 1.807) is 19.1 Å². The Labute approximate surface area is 172 Å². The van der Waals surface area contributed by atoms with Gasteiger partial charge >= 0.3 is 0 Å². The van der Waals surface area contributed by atoms with Gasteiger partial charge in [0.05, 0.1) is 12.1 Å². The predicted octanol–water partition coefficient (Wildman–Crippen LogP) is 3.89. The molecular formula is C21H20ClN3O2S. The van der Waals surface area contributed by atoms with Crippen LogP contribution in [0.1, 0.15) is 31.5 Å². The van der Waals surface area contributed by atoms with Gasteiger partial charge < -0.3 is 10.6 Å². The van der Waals surface area contributed by atoms with Crippen molar-refractivity contribution in [2.45, 2.75) is 26.4 Å². The molecule has 5 nitrogen and oxygen atoms in total. The van der Waals surface area contributed by atoms with Crippen molar-refractivity contribution in [1.29, 1.82) is 0 Å². The number of carbonyl (C=O) groups excluding carboxylic acids is 2. The Hall–Kier alpha value is -2.70. The maximum absolute atomic E-state index is 12.4. The predicted molar refractivity (Wildman–Crippen MR) is 111 cm³/mol. The van der Waals surface area contributed by atoms with Gasteiger partial charge in [-0.2, -0.15) is 0 Å². The highest BCUT2D eigenvalue weighted by Crippen LogP contribution is 2.19. The van der Waals surface area contributed by atoms with Crippen LogP contribution in [0.2, 0.25) is 5.02 Å². The second-order valence-corrected chi connectivity index (χ2v) is 7.79. The number of hydrogen-bond acceptors (Lipinski definition) is 4. The molecule has 28 heavy (non-hydrogen) atoms. The Bertz CT molecular complexity index is 956. The van der Waals surface area contributed by atoms with Crippen molar-refractivity contribution in [3.63, 3.8) is 0 Å². The molecule has 0 fully saturated rings. The van der Waals surface area contributed by atoms with Crippen molar-refractivity contribution >= 4 is 34.8 Å². The molecule has 1 aromatic heterocycles. The minimum atomic E-state index is -0.174. The molecule has 0 saturated carbocycles. The first-order valence-corrected chi connectivity index (χ1v) is 10.0. The normalized spacial score (nSPS) is 10.5. The zero-order chi connectivity index (χ0) is 19.9. The number of amides is 2. The molecule has 0 saturated heterocycles. The standard InChI is InChI=1S/C21H20ClN3O2S/c1-14-20(21(27)24-13-15-5-3-2-4-6-15)28-19(25-14)11-18(26)23-12-16-7-9-17(22)10-8-16/h2-10H,11-13H2,1H3,(H,23,26)(H,24,27). The number of nitrogens with one attached hydrogen (secondary N) is 2. The molecule has 7 heteroatoms. The van der Waals surface area contributed by atoms with Crippen LogP contribution in [0, 0.1) is 6.92 Å². The minimum Gasteiger partial charge on any atom is -0.352 e. The quantitative estimate of drug-likeness (QED) is 0.617. The van der Waals surface area contributed by atoms with E-state index in [2.05, 4.69) is 15.6 Å². The summed E-state index contributed by atoms with van der Waals surface area (Å²) in [6.45, 7) is 2.65. The fourth-order valence-corrected chi connectivity index (χ4v) is 3.71. The molecule has 0 aliphatic heterocycles. The van der Waals surface area contributed by atoms with Crippen LogP contribution in [-0.4, -0.2) is 16.8 Å². The molecule has 2 aromatic carbocycles. The lowest BCUT2D eigenvalue weighted by atomic mass is 10.2. The number of thiazole rings is 1. The van der Waals surface area contributed by atoms with Crippen molar-refractivity contribution in [3.05, 3.63) is 86.3 Å². The van der Waals surface area contributed by atoms with E-state index < -0.39 is 0 Å². The van der Waals surface area contributed by atoms with E-state index in [9.17, 15) is 9.59 Å². The molecule has 2 amide bonds. The van der Waals surface area contributed by atoms with E-state index in [0.717, 1.165) is 11.1 Å². The first-order chi connectivity index (χ1) is 13.5. The van der Waals surface area contributed by atoms with Gasteiger partial charge in [0.15, 0.2) is 0 Å². The molecule has 0 spiro atoms. The number of carbonyl (C=O) groups is 2. The Morgan fingerprint density at radius 3 is 2.32 bits per heavy atom. The highest BCUT2D eigenvalue weighted by Gasteiger charge is 2.16. The topological polar surface area (TPSA) is 71.1 Å². The summed E-state index contributed by atoms with van der Waals surface area (Å²) in [5, 5.41) is 7.03. The fraction of sp³-hybridized carbons (Fsp3) is 0.190. The van der Waals surface area contributed by atoms with Gasteiger partial charge in [0, 0.05) is 18.1 Å². The van der Waals surface area contributed by atoms with E-state index >= 15 is 0 Å². The Morgan fingerprint density at radius 1 is 0.964 bits per heavy atom. The van der Waals surface area contributed by atoms with Gasteiger partial charge in [-0.15, -0.1) is 11.3 Å². The van der Waals surface area contributed by atoms with Gasteiger partial charge in [-0.3, -0.25) is 9.59 Å². The van der Waals surface area contributed by atoms with E-state index in [1.165, 1.54) is 11.3 Å².